The van der Waals surface area contributed by atoms with Gasteiger partial charge in [0.2, 0.25) is 5.88 Å². The van der Waals surface area contributed by atoms with Crippen LogP contribution in [0.25, 0.3) is 0 Å². The molecule has 1 saturated heterocycles. The minimum atomic E-state index is 0.375. The van der Waals surface area contributed by atoms with Gasteiger partial charge in [0, 0.05) is 25.1 Å². The molecule has 2 rings (SSSR count). The van der Waals surface area contributed by atoms with Gasteiger partial charge in [0.15, 0.2) is 0 Å². The Bertz CT molecular complexity index is 244. The number of pyridine rings is 1. The fourth-order valence-electron chi connectivity index (χ4n) is 1.60. The third-order valence-electron chi connectivity index (χ3n) is 2.31. The van der Waals surface area contributed by atoms with Gasteiger partial charge in [-0.25, -0.2) is 4.98 Å². The number of rotatable bonds is 2. The number of nitrogens with zero attached hydrogens (tertiary/aromatic N) is 1. The molecule has 0 atom stereocenters. The predicted octanol–water partition coefficient (Wildman–Crippen LogP) is 0.186. The van der Waals surface area contributed by atoms with Crippen LogP contribution in [-0.2, 0) is 0 Å². The van der Waals surface area contributed by atoms with E-state index in [-0.39, 0.29) is 0 Å². The molecule has 0 spiro atoms. The number of hydrogen-bond donors (Lipinski definition) is 1. The molecule has 3 nitrogen and oxygen atoms in total. The molecule has 1 aliphatic rings. The monoisotopic (exact) mass is 179 g/mol. The zero-order valence-corrected chi connectivity index (χ0v) is 7.65. The Morgan fingerprint density at radius 1 is 1.31 bits per heavy atom. The Hall–Kier alpha value is -1.09. The van der Waals surface area contributed by atoms with E-state index in [1.54, 1.807) is 6.20 Å². The van der Waals surface area contributed by atoms with E-state index in [4.69, 9.17) is 4.74 Å². The highest BCUT2D eigenvalue weighted by Crippen LogP contribution is 2.10. The molecule has 0 radical (unpaired) electrons. The van der Waals surface area contributed by atoms with Gasteiger partial charge < -0.3 is 10.1 Å². The second-order valence-electron chi connectivity index (χ2n) is 3.35. The minimum Gasteiger partial charge on any atom is -0.474 e. The molecule has 0 aromatic carbocycles. The Kier molecular flexibility index (Phi) is 2.77. The highest BCUT2D eigenvalue weighted by Gasteiger charge is 2.16. The van der Waals surface area contributed by atoms with Crippen molar-refractivity contribution in [3.05, 3.63) is 24.4 Å². The van der Waals surface area contributed by atoms with Gasteiger partial charge in [-0.3, -0.25) is 0 Å². The summed E-state index contributed by atoms with van der Waals surface area (Å²) in [6.07, 6.45) is 4.41. The van der Waals surface area contributed by atoms with E-state index < -0.39 is 0 Å². The van der Waals surface area contributed by atoms with Gasteiger partial charge in [0.25, 0.3) is 0 Å². The lowest BCUT2D eigenvalue weighted by Crippen LogP contribution is -2.86. The van der Waals surface area contributed by atoms with Crippen LogP contribution >= 0.6 is 0 Å². The van der Waals surface area contributed by atoms with Crippen molar-refractivity contribution in [2.24, 2.45) is 0 Å². The third-order valence-corrected chi connectivity index (χ3v) is 2.31. The van der Waals surface area contributed by atoms with Crippen molar-refractivity contribution in [3.8, 4) is 5.88 Å². The van der Waals surface area contributed by atoms with Crippen LogP contribution in [0.1, 0.15) is 12.8 Å². The molecule has 0 bridgehead atoms. The van der Waals surface area contributed by atoms with Crippen molar-refractivity contribution >= 4 is 0 Å². The fraction of sp³-hybridized carbons (Fsp3) is 0.500. The molecule has 0 aliphatic carbocycles. The summed E-state index contributed by atoms with van der Waals surface area (Å²) >= 11 is 0. The van der Waals surface area contributed by atoms with Crippen LogP contribution in [0.3, 0.4) is 0 Å². The number of quaternary nitrogens is 1. The Morgan fingerprint density at radius 3 is 2.85 bits per heavy atom. The van der Waals surface area contributed by atoms with E-state index >= 15 is 0 Å². The molecule has 2 N–H and O–H groups in total. The smallest absolute Gasteiger partial charge is 0.213 e. The first-order chi connectivity index (χ1) is 6.45. The topological polar surface area (TPSA) is 38.7 Å². The first-order valence-electron chi connectivity index (χ1n) is 4.84. The summed E-state index contributed by atoms with van der Waals surface area (Å²) in [4.78, 5) is 4.14. The number of ether oxygens (including phenoxy) is 1. The van der Waals surface area contributed by atoms with E-state index in [0.29, 0.717) is 6.10 Å². The van der Waals surface area contributed by atoms with Gasteiger partial charge >= 0.3 is 0 Å². The van der Waals surface area contributed by atoms with Crippen LogP contribution in [0.5, 0.6) is 5.88 Å². The van der Waals surface area contributed by atoms with Crippen molar-refractivity contribution in [2.75, 3.05) is 13.1 Å². The SMILES string of the molecule is c1ccc(OC2CC[NH2+]CC2)nc1. The van der Waals surface area contributed by atoms with Gasteiger partial charge in [0.1, 0.15) is 6.10 Å². The van der Waals surface area contributed by atoms with Crippen LogP contribution in [0.4, 0.5) is 0 Å². The highest BCUT2D eigenvalue weighted by atomic mass is 16.5. The molecule has 0 unspecified atom stereocenters. The van der Waals surface area contributed by atoms with Gasteiger partial charge in [-0.05, 0) is 6.07 Å². The largest absolute Gasteiger partial charge is 0.474 e. The van der Waals surface area contributed by atoms with Gasteiger partial charge in [-0.2, -0.15) is 0 Å². The fourth-order valence-corrected chi connectivity index (χ4v) is 1.60. The maximum absolute atomic E-state index is 5.72. The summed E-state index contributed by atoms with van der Waals surface area (Å²) in [5.74, 6) is 0.759. The van der Waals surface area contributed by atoms with E-state index in [9.17, 15) is 0 Å². The molecule has 1 aliphatic heterocycles. The molecule has 1 fully saturated rings. The Morgan fingerprint density at radius 2 is 2.15 bits per heavy atom. The number of nitrogens with two attached hydrogens (primary N) is 1. The van der Waals surface area contributed by atoms with Crippen molar-refractivity contribution < 1.29 is 10.1 Å². The molecule has 70 valence electrons. The molecule has 3 heteroatoms. The maximum atomic E-state index is 5.72. The molecule has 0 saturated carbocycles. The summed E-state index contributed by atoms with van der Waals surface area (Å²) < 4.78 is 5.72. The molecular formula is C10H15N2O+. The number of piperidine rings is 1. The van der Waals surface area contributed by atoms with Gasteiger partial charge in [0.05, 0.1) is 13.1 Å². The molecule has 0 amide bonds. The third kappa shape index (κ3) is 2.42. The zero-order valence-electron chi connectivity index (χ0n) is 7.65. The van der Waals surface area contributed by atoms with Crippen molar-refractivity contribution in [1.29, 1.82) is 0 Å². The maximum Gasteiger partial charge on any atom is 0.213 e. The predicted molar refractivity (Wildman–Crippen MR) is 49.5 cm³/mol. The van der Waals surface area contributed by atoms with Gasteiger partial charge in [-0.1, -0.05) is 6.07 Å². The molecule has 13 heavy (non-hydrogen) atoms. The average Bonchev–Trinajstić information content (AvgIpc) is 2.21. The van der Waals surface area contributed by atoms with Crippen LogP contribution in [-0.4, -0.2) is 24.2 Å². The van der Waals surface area contributed by atoms with Crippen LogP contribution < -0.4 is 10.1 Å². The van der Waals surface area contributed by atoms with Crippen molar-refractivity contribution in [1.82, 2.24) is 4.98 Å². The quantitative estimate of drug-likeness (QED) is 0.703. The summed E-state index contributed by atoms with van der Waals surface area (Å²) in [7, 11) is 0. The van der Waals surface area contributed by atoms with E-state index in [2.05, 4.69) is 10.3 Å². The summed E-state index contributed by atoms with van der Waals surface area (Å²) in [6.45, 7) is 2.36. The summed E-state index contributed by atoms with van der Waals surface area (Å²) in [5.41, 5.74) is 0. The normalized spacial score (nSPS) is 18.5. The molecule has 2 heterocycles. The summed E-state index contributed by atoms with van der Waals surface area (Å²) in [6, 6.07) is 5.77. The molecular weight excluding hydrogens is 164 g/mol. The minimum absolute atomic E-state index is 0.375. The van der Waals surface area contributed by atoms with Crippen LogP contribution in [0.15, 0.2) is 24.4 Å². The standard InChI is InChI=1S/C10H14N2O/c1-2-6-12-10(3-1)13-9-4-7-11-8-5-9/h1-3,6,9,11H,4-5,7-8H2/p+1. The van der Waals surface area contributed by atoms with E-state index in [1.165, 1.54) is 13.1 Å². The second-order valence-corrected chi connectivity index (χ2v) is 3.35. The lowest BCUT2D eigenvalue weighted by atomic mass is 10.1. The average molecular weight is 179 g/mol. The lowest BCUT2D eigenvalue weighted by molar-refractivity contribution is -0.664. The Labute approximate surface area is 78.1 Å². The summed E-state index contributed by atoms with van der Waals surface area (Å²) in [5, 5.41) is 2.33. The van der Waals surface area contributed by atoms with E-state index in [1.807, 2.05) is 18.2 Å². The van der Waals surface area contributed by atoms with Gasteiger partial charge in [-0.15, -0.1) is 0 Å². The number of hydrogen-bond acceptors (Lipinski definition) is 2. The first kappa shape index (κ1) is 8.51. The van der Waals surface area contributed by atoms with Crippen LogP contribution in [0, 0.1) is 0 Å². The first-order valence-corrected chi connectivity index (χ1v) is 4.84. The molecule has 1 aromatic heterocycles. The number of aromatic nitrogens is 1. The lowest BCUT2D eigenvalue weighted by Gasteiger charge is -2.20. The van der Waals surface area contributed by atoms with Crippen molar-refractivity contribution in [3.63, 3.8) is 0 Å². The Balaban J connectivity index is 1.90. The van der Waals surface area contributed by atoms with Crippen molar-refractivity contribution in [2.45, 2.75) is 18.9 Å². The highest BCUT2D eigenvalue weighted by molar-refractivity contribution is 5.09. The zero-order chi connectivity index (χ0) is 8.93. The van der Waals surface area contributed by atoms with Crippen LogP contribution in [0.2, 0.25) is 0 Å². The molecule has 1 aromatic rings. The second kappa shape index (κ2) is 4.23. The van der Waals surface area contributed by atoms with E-state index in [0.717, 1.165) is 18.7 Å².